The Balaban J connectivity index is 1.55. The van der Waals surface area contributed by atoms with Crippen LogP contribution in [0.15, 0.2) is 66.7 Å². The number of urea groups is 1. The van der Waals surface area contributed by atoms with Gasteiger partial charge in [-0.3, -0.25) is 14.5 Å². The summed E-state index contributed by atoms with van der Waals surface area (Å²) in [7, 11) is 1.68. The fourth-order valence-electron chi connectivity index (χ4n) is 4.07. The molecule has 0 bridgehead atoms. The molecule has 3 aromatic carbocycles. The number of rotatable bonds is 5. The summed E-state index contributed by atoms with van der Waals surface area (Å²) in [5.41, 5.74) is 1.59. The lowest BCUT2D eigenvalue weighted by Gasteiger charge is -2.25. The third kappa shape index (κ3) is 3.65. The second-order valence-electron chi connectivity index (χ2n) is 8.15. The molecular formula is C25H25N3O3. The van der Waals surface area contributed by atoms with Crippen LogP contribution in [0, 0.1) is 6.92 Å². The molecule has 158 valence electrons. The number of carbonyl (C=O) groups excluding carboxylic acids is 3. The second-order valence-corrected chi connectivity index (χ2v) is 8.15. The van der Waals surface area contributed by atoms with Crippen LogP contribution in [0.1, 0.15) is 23.6 Å². The van der Waals surface area contributed by atoms with E-state index in [0.717, 1.165) is 26.8 Å². The number of benzene rings is 3. The molecule has 1 N–H and O–H groups in total. The van der Waals surface area contributed by atoms with Crippen molar-refractivity contribution in [1.29, 1.82) is 0 Å². The molecule has 0 spiro atoms. The SMILES string of the molecule is Cc1ccccc1CN(C)C(=O)CN1C(=O)N[C@](C)(c2cccc3ccccc23)C1=O. The molecule has 0 radical (unpaired) electrons. The van der Waals surface area contributed by atoms with Crippen molar-refractivity contribution in [2.24, 2.45) is 0 Å². The van der Waals surface area contributed by atoms with Crippen LogP contribution in [0.3, 0.4) is 0 Å². The van der Waals surface area contributed by atoms with Gasteiger partial charge in [0.1, 0.15) is 12.1 Å². The minimum atomic E-state index is -1.23. The van der Waals surface area contributed by atoms with E-state index in [9.17, 15) is 14.4 Å². The summed E-state index contributed by atoms with van der Waals surface area (Å²) in [6.07, 6.45) is 0. The molecule has 6 nitrogen and oxygen atoms in total. The molecule has 31 heavy (non-hydrogen) atoms. The summed E-state index contributed by atoms with van der Waals surface area (Å²) >= 11 is 0. The first-order valence-electron chi connectivity index (χ1n) is 10.2. The summed E-state index contributed by atoms with van der Waals surface area (Å²) in [5.74, 6) is -0.722. The molecule has 4 amide bonds. The highest BCUT2D eigenvalue weighted by molar-refractivity contribution is 6.10. The van der Waals surface area contributed by atoms with Crippen LogP contribution in [0.25, 0.3) is 10.8 Å². The van der Waals surface area contributed by atoms with E-state index in [4.69, 9.17) is 0 Å². The molecule has 0 saturated carbocycles. The number of carbonyl (C=O) groups is 3. The molecule has 1 aliphatic heterocycles. The van der Waals surface area contributed by atoms with Crippen LogP contribution >= 0.6 is 0 Å². The number of hydrogen-bond acceptors (Lipinski definition) is 3. The number of hydrogen-bond donors (Lipinski definition) is 1. The molecule has 1 fully saturated rings. The van der Waals surface area contributed by atoms with Gasteiger partial charge >= 0.3 is 6.03 Å². The van der Waals surface area contributed by atoms with Gasteiger partial charge in [-0.25, -0.2) is 4.79 Å². The molecule has 0 unspecified atom stereocenters. The number of imide groups is 1. The molecule has 0 aliphatic carbocycles. The fourth-order valence-corrected chi connectivity index (χ4v) is 4.07. The monoisotopic (exact) mass is 415 g/mol. The number of nitrogens with one attached hydrogen (secondary N) is 1. The summed E-state index contributed by atoms with van der Waals surface area (Å²) in [6.45, 7) is 3.79. The zero-order valence-corrected chi connectivity index (χ0v) is 17.9. The number of amides is 4. The highest BCUT2D eigenvalue weighted by Crippen LogP contribution is 2.33. The second kappa shape index (κ2) is 7.87. The molecular weight excluding hydrogens is 390 g/mol. The van der Waals surface area contributed by atoms with E-state index in [1.807, 2.05) is 73.7 Å². The minimum absolute atomic E-state index is 0.297. The van der Waals surface area contributed by atoms with Gasteiger partial charge in [0.15, 0.2) is 0 Å². The van der Waals surface area contributed by atoms with Crippen LogP contribution in [-0.4, -0.2) is 41.2 Å². The highest BCUT2D eigenvalue weighted by Gasteiger charge is 2.50. The maximum absolute atomic E-state index is 13.3. The molecule has 4 rings (SSSR count). The van der Waals surface area contributed by atoms with Crippen molar-refractivity contribution < 1.29 is 14.4 Å². The van der Waals surface area contributed by atoms with Gasteiger partial charge in [0.05, 0.1) is 0 Å². The van der Waals surface area contributed by atoms with Crippen molar-refractivity contribution in [3.63, 3.8) is 0 Å². The van der Waals surface area contributed by atoms with Crippen LogP contribution in [0.5, 0.6) is 0 Å². The predicted molar refractivity (Wildman–Crippen MR) is 119 cm³/mol. The fraction of sp³-hybridized carbons (Fsp3) is 0.240. The highest BCUT2D eigenvalue weighted by atomic mass is 16.2. The zero-order valence-electron chi connectivity index (χ0n) is 17.9. The van der Waals surface area contributed by atoms with Gasteiger partial charge < -0.3 is 10.2 Å². The van der Waals surface area contributed by atoms with Crippen LogP contribution in [0.2, 0.25) is 0 Å². The normalized spacial score (nSPS) is 18.4. The van der Waals surface area contributed by atoms with Gasteiger partial charge in [-0.05, 0) is 41.3 Å². The molecule has 3 aromatic rings. The Kier molecular flexibility index (Phi) is 5.23. The maximum atomic E-state index is 13.3. The largest absolute Gasteiger partial charge is 0.340 e. The van der Waals surface area contributed by atoms with Gasteiger partial charge in [0, 0.05) is 13.6 Å². The van der Waals surface area contributed by atoms with Gasteiger partial charge in [-0.2, -0.15) is 0 Å². The average Bonchev–Trinajstić information content (AvgIpc) is 2.98. The van der Waals surface area contributed by atoms with Crippen molar-refractivity contribution >= 4 is 28.6 Å². The number of fused-ring (bicyclic) bond motifs is 1. The summed E-state index contributed by atoms with van der Waals surface area (Å²) in [6, 6.07) is 20.7. The Labute approximate surface area is 181 Å². The Morgan fingerprint density at radius 1 is 1.00 bits per heavy atom. The average molecular weight is 415 g/mol. The van der Waals surface area contributed by atoms with Crippen molar-refractivity contribution in [2.45, 2.75) is 25.9 Å². The van der Waals surface area contributed by atoms with Crippen LogP contribution < -0.4 is 5.32 Å². The number of likely N-dealkylation sites (N-methyl/N-ethyl adjacent to an activating group) is 1. The zero-order chi connectivity index (χ0) is 22.2. The Bertz CT molecular complexity index is 1180. The van der Waals surface area contributed by atoms with Crippen molar-refractivity contribution in [3.8, 4) is 0 Å². The van der Waals surface area contributed by atoms with Crippen molar-refractivity contribution in [1.82, 2.24) is 15.1 Å². The van der Waals surface area contributed by atoms with E-state index in [0.29, 0.717) is 12.1 Å². The van der Waals surface area contributed by atoms with E-state index in [2.05, 4.69) is 5.32 Å². The summed E-state index contributed by atoms with van der Waals surface area (Å²) in [4.78, 5) is 41.4. The minimum Gasteiger partial charge on any atom is -0.340 e. The lowest BCUT2D eigenvalue weighted by molar-refractivity contribution is -0.138. The third-order valence-electron chi connectivity index (χ3n) is 5.99. The predicted octanol–water partition coefficient (Wildman–Crippen LogP) is 3.57. The Morgan fingerprint density at radius 2 is 1.68 bits per heavy atom. The van der Waals surface area contributed by atoms with Gasteiger partial charge in [0.2, 0.25) is 5.91 Å². The third-order valence-corrected chi connectivity index (χ3v) is 5.99. The lowest BCUT2D eigenvalue weighted by atomic mass is 9.88. The number of aryl methyl sites for hydroxylation is 1. The Morgan fingerprint density at radius 3 is 2.45 bits per heavy atom. The van der Waals surface area contributed by atoms with Gasteiger partial charge in [-0.1, -0.05) is 66.7 Å². The van der Waals surface area contributed by atoms with Gasteiger partial charge in [-0.15, -0.1) is 0 Å². The smallest absolute Gasteiger partial charge is 0.325 e. The first-order chi connectivity index (χ1) is 14.8. The summed E-state index contributed by atoms with van der Waals surface area (Å²) in [5, 5.41) is 4.68. The van der Waals surface area contributed by atoms with E-state index in [1.54, 1.807) is 14.0 Å². The maximum Gasteiger partial charge on any atom is 0.325 e. The number of nitrogens with zero attached hydrogens (tertiary/aromatic N) is 2. The molecule has 0 aromatic heterocycles. The van der Waals surface area contributed by atoms with Crippen molar-refractivity contribution in [3.05, 3.63) is 83.4 Å². The first kappa shape index (κ1) is 20.6. The Hall–Kier alpha value is -3.67. The van der Waals surface area contributed by atoms with Gasteiger partial charge in [0.25, 0.3) is 5.91 Å². The van der Waals surface area contributed by atoms with Crippen molar-refractivity contribution in [2.75, 3.05) is 13.6 Å². The molecule has 1 heterocycles. The summed E-state index contributed by atoms with van der Waals surface area (Å²) < 4.78 is 0. The molecule has 6 heteroatoms. The standard InChI is InChI=1S/C25H25N3O3/c1-17-9-4-5-11-19(17)15-27(3)22(29)16-28-23(30)25(2,26-24(28)31)21-14-8-12-18-10-6-7-13-20(18)21/h4-14H,15-16H2,1-3H3,(H,26,31)/t25-/m1/s1. The first-order valence-corrected chi connectivity index (χ1v) is 10.2. The quantitative estimate of drug-likeness (QED) is 0.648. The lowest BCUT2D eigenvalue weighted by Crippen LogP contribution is -2.43. The molecule has 1 aliphatic rings. The van der Waals surface area contributed by atoms with Crippen LogP contribution in [0.4, 0.5) is 4.79 Å². The van der Waals surface area contributed by atoms with E-state index in [1.165, 1.54) is 4.90 Å². The van der Waals surface area contributed by atoms with E-state index < -0.39 is 17.5 Å². The van der Waals surface area contributed by atoms with E-state index in [-0.39, 0.29) is 12.5 Å². The van der Waals surface area contributed by atoms with Crippen LogP contribution in [-0.2, 0) is 21.7 Å². The molecule has 1 saturated heterocycles. The topological polar surface area (TPSA) is 69.7 Å². The molecule has 1 atom stereocenters. The van der Waals surface area contributed by atoms with E-state index >= 15 is 0 Å².